The van der Waals surface area contributed by atoms with Crippen LogP contribution >= 0.6 is 0 Å². The predicted molar refractivity (Wildman–Crippen MR) is 56.7 cm³/mol. The minimum atomic E-state index is -0.557. The van der Waals surface area contributed by atoms with E-state index in [0.717, 1.165) is 25.5 Å². The summed E-state index contributed by atoms with van der Waals surface area (Å²) in [6.07, 6.45) is 5.57. The Morgan fingerprint density at radius 1 is 1.62 bits per heavy atom. The van der Waals surface area contributed by atoms with Gasteiger partial charge in [0.05, 0.1) is 17.4 Å². The van der Waals surface area contributed by atoms with Crippen molar-refractivity contribution in [3.63, 3.8) is 0 Å². The molecule has 1 aliphatic carbocycles. The van der Waals surface area contributed by atoms with E-state index in [-0.39, 0.29) is 23.4 Å². The zero-order valence-electron chi connectivity index (χ0n) is 9.20. The first-order valence-electron chi connectivity index (χ1n) is 5.35. The van der Waals surface area contributed by atoms with Gasteiger partial charge in [-0.15, -0.1) is 0 Å². The van der Waals surface area contributed by atoms with Gasteiger partial charge in [-0.1, -0.05) is 0 Å². The summed E-state index contributed by atoms with van der Waals surface area (Å²) < 4.78 is 18.7. The van der Waals surface area contributed by atoms with Crippen LogP contribution in [0.15, 0.2) is 18.5 Å². The summed E-state index contributed by atoms with van der Waals surface area (Å²) >= 11 is 0. The van der Waals surface area contributed by atoms with Crippen molar-refractivity contribution >= 4 is 5.78 Å². The average Bonchev–Trinajstić information content (AvgIpc) is 2.24. The van der Waals surface area contributed by atoms with Gasteiger partial charge in [-0.05, 0) is 25.3 Å². The van der Waals surface area contributed by atoms with E-state index >= 15 is 0 Å². The van der Waals surface area contributed by atoms with Crippen LogP contribution in [0.3, 0.4) is 0 Å². The van der Waals surface area contributed by atoms with Gasteiger partial charge in [0.15, 0.2) is 11.6 Å². The minimum Gasteiger partial charge on any atom is -0.378 e. The van der Waals surface area contributed by atoms with E-state index in [0.29, 0.717) is 0 Å². The van der Waals surface area contributed by atoms with Gasteiger partial charge >= 0.3 is 0 Å². The maximum absolute atomic E-state index is 13.3. The van der Waals surface area contributed by atoms with Crippen molar-refractivity contribution in [2.75, 3.05) is 7.11 Å². The molecule has 2 rings (SSSR count). The second-order valence-corrected chi connectivity index (χ2v) is 4.20. The molecule has 1 fully saturated rings. The number of hydrogen-bond acceptors (Lipinski definition) is 3. The molecule has 4 heteroatoms. The Morgan fingerprint density at radius 2 is 2.38 bits per heavy atom. The van der Waals surface area contributed by atoms with E-state index in [9.17, 15) is 9.18 Å². The second kappa shape index (κ2) is 4.29. The first-order chi connectivity index (χ1) is 7.67. The lowest BCUT2D eigenvalue weighted by Gasteiger charge is -2.40. The van der Waals surface area contributed by atoms with Crippen LogP contribution in [0.2, 0.25) is 0 Å². The summed E-state index contributed by atoms with van der Waals surface area (Å²) in [7, 11) is 1.61. The standard InChI is InChI=1S/C12H14FNO2/c1-16-12(4-2-5-12)7-11(15)9-3-6-14-8-10(9)13/h3,6,8H,2,4-5,7H2,1H3. The van der Waals surface area contributed by atoms with Gasteiger partial charge in [0.1, 0.15) is 0 Å². The molecule has 0 spiro atoms. The van der Waals surface area contributed by atoms with E-state index in [4.69, 9.17) is 4.74 Å². The smallest absolute Gasteiger partial charge is 0.168 e. The van der Waals surface area contributed by atoms with Crippen molar-refractivity contribution in [3.8, 4) is 0 Å². The molecule has 1 aromatic heterocycles. The molecule has 0 aromatic carbocycles. The number of ketones is 1. The summed E-state index contributed by atoms with van der Waals surface area (Å²) in [6, 6.07) is 1.42. The first-order valence-corrected chi connectivity index (χ1v) is 5.35. The molecule has 1 aliphatic rings. The van der Waals surface area contributed by atoms with Crippen LogP contribution < -0.4 is 0 Å². The fourth-order valence-corrected chi connectivity index (χ4v) is 2.01. The van der Waals surface area contributed by atoms with Gasteiger partial charge < -0.3 is 4.74 Å². The molecule has 0 aliphatic heterocycles. The van der Waals surface area contributed by atoms with Gasteiger partial charge in [0.25, 0.3) is 0 Å². The van der Waals surface area contributed by atoms with E-state index in [1.54, 1.807) is 7.11 Å². The molecule has 0 atom stereocenters. The van der Waals surface area contributed by atoms with Crippen molar-refractivity contribution in [1.82, 2.24) is 4.98 Å². The SMILES string of the molecule is COC1(CC(=O)c2ccncc2F)CCC1. The third-order valence-corrected chi connectivity index (χ3v) is 3.25. The Morgan fingerprint density at radius 3 is 2.88 bits per heavy atom. The van der Waals surface area contributed by atoms with Crippen LogP contribution in [-0.4, -0.2) is 23.5 Å². The lowest BCUT2D eigenvalue weighted by atomic mass is 9.76. The molecule has 1 aromatic rings. The predicted octanol–water partition coefficient (Wildman–Crippen LogP) is 2.36. The number of halogens is 1. The van der Waals surface area contributed by atoms with E-state index in [1.165, 1.54) is 12.3 Å². The number of nitrogens with zero attached hydrogens (tertiary/aromatic N) is 1. The van der Waals surface area contributed by atoms with Crippen LogP contribution in [0.25, 0.3) is 0 Å². The molecule has 0 bridgehead atoms. The van der Waals surface area contributed by atoms with E-state index in [2.05, 4.69) is 4.98 Å². The normalized spacial score (nSPS) is 17.9. The number of carbonyl (C=O) groups is 1. The number of aromatic nitrogens is 1. The largest absolute Gasteiger partial charge is 0.378 e. The molecule has 1 heterocycles. The highest BCUT2D eigenvalue weighted by atomic mass is 19.1. The van der Waals surface area contributed by atoms with Crippen LogP contribution in [0, 0.1) is 5.82 Å². The minimum absolute atomic E-state index is 0.110. The van der Waals surface area contributed by atoms with E-state index < -0.39 is 5.82 Å². The fourth-order valence-electron chi connectivity index (χ4n) is 2.01. The molecule has 0 amide bonds. The summed E-state index contributed by atoms with van der Waals surface area (Å²) in [5.41, 5.74) is -0.245. The lowest BCUT2D eigenvalue weighted by Crippen LogP contribution is -2.41. The van der Waals surface area contributed by atoms with Crippen molar-refractivity contribution in [1.29, 1.82) is 0 Å². The number of Topliss-reactive ketones (excluding diaryl/α,β-unsaturated/α-hetero) is 1. The Labute approximate surface area is 93.6 Å². The summed E-state index contributed by atoms with van der Waals surface area (Å²) in [6.45, 7) is 0. The second-order valence-electron chi connectivity index (χ2n) is 4.20. The quantitative estimate of drug-likeness (QED) is 0.735. The zero-order chi connectivity index (χ0) is 11.6. The van der Waals surface area contributed by atoms with Gasteiger partial charge in [-0.2, -0.15) is 0 Å². The Hall–Kier alpha value is -1.29. The third-order valence-electron chi connectivity index (χ3n) is 3.25. The number of carbonyl (C=O) groups excluding carboxylic acids is 1. The molecule has 0 saturated heterocycles. The summed E-state index contributed by atoms with van der Waals surface area (Å²) in [5.74, 6) is -0.764. The highest BCUT2D eigenvalue weighted by Gasteiger charge is 2.39. The van der Waals surface area contributed by atoms with Crippen LogP contribution in [0.5, 0.6) is 0 Å². The highest BCUT2D eigenvalue weighted by molar-refractivity contribution is 5.96. The van der Waals surface area contributed by atoms with Crippen molar-refractivity contribution in [3.05, 3.63) is 29.8 Å². The average molecular weight is 223 g/mol. The van der Waals surface area contributed by atoms with Crippen LogP contribution in [0.4, 0.5) is 4.39 Å². The van der Waals surface area contributed by atoms with Gasteiger partial charge in [-0.3, -0.25) is 9.78 Å². The molecule has 0 N–H and O–H groups in total. The maximum atomic E-state index is 13.3. The van der Waals surface area contributed by atoms with Gasteiger partial charge in [0.2, 0.25) is 0 Å². The molecule has 0 radical (unpaired) electrons. The number of hydrogen-bond donors (Lipinski definition) is 0. The third kappa shape index (κ3) is 1.97. The number of pyridine rings is 1. The van der Waals surface area contributed by atoms with Crippen molar-refractivity contribution in [2.45, 2.75) is 31.3 Å². The number of methoxy groups -OCH3 is 1. The van der Waals surface area contributed by atoms with Crippen molar-refractivity contribution in [2.24, 2.45) is 0 Å². The Kier molecular flexibility index (Phi) is 3.01. The molecule has 1 saturated carbocycles. The molecular formula is C12H14FNO2. The highest BCUT2D eigenvalue weighted by Crippen LogP contribution is 2.38. The van der Waals surface area contributed by atoms with Gasteiger partial charge in [0, 0.05) is 19.7 Å². The molecular weight excluding hydrogens is 209 g/mol. The maximum Gasteiger partial charge on any atom is 0.168 e. The molecule has 86 valence electrons. The van der Waals surface area contributed by atoms with Crippen LogP contribution in [0.1, 0.15) is 36.0 Å². The number of ether oxygens (including phenoxy) is 1. The summed E-state index contributed by atoms with van der Waals surface area (Å²) in [4.78, 5) is 15.5. The summed E-state index contributed by atoms with van der Waals surface area (Å²) in [5, 5.41) is 0. The molecule has 3 nitrogen and oxygen atoms in total. The first kappa shape index (κ1) is 11.2. The van der Waals surface area contributed by atoms with E-state index in [1.807, 2.05) is 0 Å². The lowest BCUT2D eigenvalue weighted by molar-refractivity contribution is -0.0705. The molecule has 0 unspecified atom stereocenters. The topological polar surface area (TPSA) is 39.2 Å². The fraction of sp³-hybridized carbons (Fsp3) is 0.500. The number of rotatable bonds is 4. The van der Waals surface area contributed by atoms with Crippen LogP contribution in [-0.2, 0) is 4.74 Å². The molecule has 16 heavy (non-hydrogen) atoms. The zero-order valence-corrected chi connectivity index (χ0v) is 9.20. The Bertz CT molecular complexity index is 396. The van der Waals surface area contributed by atoms with Crippen molar-refractivity contribution < 1.29 is 13.9 Å². The van der Waals surface area contributed by atoms with Gasteiger partial charge in [-0.25, -0.2) is 4.39 Å². The Balaban J connectivity index is 2.11. The monoisotopic (exact) mass is 223 g/mol.